The van der Waals surface area contributed by atoms with Crippen molar-refractivity contribution >= 4 is 17.5 Å². The Kier molecular flexibility index (Phi) is 4.16. The molecule has 6 heteroatoms. The first-order chi connectivity index (χ1) is 9.10. The summed E-state index contributed by atoms with van der Waals surface area (Å²) < 4.78 is 0. The Morgan fingerprint density at radius 2 is 2.32 bits per heavy atom. The second-order valence-corrected chi connectivity index (χ2v) is 4.58. The number of hydrogen-bond acceptors (Lipinski definition) is 3. The molecule has 2 heterocycles. The van der Waals surface area contributed by atoms with Gasteiger partial charge in [0.25, 0.3) is 5.91 Å². The van der Waals surface area contributed by atoms with Crippen molar-refractivity contribution in [3.63, 3.8) is 0 Å². The molecule has 1 amide bonds. The summed E-state index contributed by atoms with van der Waals surface area (Å²) in [6.07, 6.45) is 4.10. The number of hydrogen-bond donors (Lipinski definition) is 2. The average Bonchev–Trinajstić information content (AvgIpc) is 2.91. The van der Waals surface area contributed by atoms with Gasteiger partial charge < -0.3 is 10.3 Å². The minimum atomic E-state index is -0.195. The summed E-state index contributed by atoms with van der Waals surface area (Å²) in [5.74, 6) is 0.520. The van der Waals surface area contributed by atoms with Crippen molar-refractivity contribution in [1.29, 1.82) is 0 Å². The molecular weight excluding hydrogens is 264 g/mol. The van der Waals surface area contributed by atoms with Crippen molar-refractivity contribution < 1.29 is 4.79 Å². The molecule has 0 saturated carbocycles. The van der Waals surface area contributed by atoms with Crippen molar-refractivity contribution in [2.75, 3.05) is 0 Å². The van der Waals surface area contributed by atoms with E-state index in [4.69, 9.17) is 11.6 Å². The summed E-state index contributed by atoms with van der Waals surface area (Å²) in [6.45, 7) is 3.83. The van der Waals surface area contributed by atoms with Gasteiger partial charge in [0.2, 0.25) is 0 Å². The number of amides is 1. The first-order valence-electron chi connectivity index (χ1n) is 6.06. The second-order valence-electron chi connectivity index (χ2n) is 4.19. The van der Waals surface area contributed by atoms with Gasteiger partial charge in [-0.05, 0) is 25.5 Å². The molecule has 2 aromatic rings. The normalized spacial score (nSPS) is 12.2. The Balaban J connectivity index is 2.13. The minimum Gasteiger partial charge on any atom is -0.347 e. The molecule has 100 valence electrons. The van der Waals surface area contributed by atoms with Crippen LogP contribution in [-0.4, -0.2) is 20.9 Å². The van der Waals surface area contributed by atoms with Gasteiger partial charge in [0.1, 0.15) is 11.0 Å². The zero-order valence-electron chi connectivity index (χ0n) is 10.8. The maximum absolute atomic E-state index is 12.1. The number of carbonyl (C=O) groups is 1. The van der Waals surface area contributed by atoms with E-state index in [0.29, 0.717) is 16.5 Å². The van der Waals surface area contributed by atoms with Gasteiger partial charge >= 0.3 is 0 Å². The molecule has 0 aliphatic carbocycles. The molecule has 0 radical (unpaired) electrons. The lowest BCUT2D eigenvalue weighted by molar-refractivity contribution is 0.0938. The maximum atomic E-state index is 12.1. The van der Waals surface area contributed by atoms with E-state index in [9.17, 15) is 4.79 Å². The Hall–Kier alpha value is -1.88. The standard InChI is InChI=1S/C13H15ClN4O/c1-3-10-6-9(7-11(14)18-10)13(19)17-8(2)12-15-4-5-16-12/h4-8H,3H2,1-2H3,(H,15,16)(H,17,19). The average molecular weight is 279 g/mol. The predicted octanol–water partition coefficient (Wildman–Crippen LogP) is 2.51. The van der Waals surface area contributed by atoms with Gasteiger partial charge in [-0.25, -0.2) is 9.97 Å². The highest BCUT2D eigenvalue weighted by molar-refractivity contribution is 6.29. The number of imidazole rings is 1. The molecule has 0 aromatic carbocycles. The van der Waals surface area contributed by atoms with E-state index < -0.39 is 0 Å². The molecule has 0 aliphatic rings. The summed E-state index contributed by atoms with van der Waals surface area (Å²) in [4.78, 5) is 23.3. The van der Waals surface area contributed by atoms with Crippen molar-refractivity contribution in [1.82, 2.24) is 20.3 Å². The van der Waals surface area contributed by atoms with Gasteiger partial charge in [-0.1, -0.05) is 18.5 Å². The number of nitrogens with one attached hydrogen (secondary N) is 2. The van der Waals surface area contributed by atoms with E-state index >= 15 is 0 Å². The van der Waals surface area contributed by atoms with Gasteiger partial charge in [-0.2, -0.15) is 0 Å². The number of aryl methyl sites for hydroxylation is 1. The first-order valence-corrected chi connectivity index (χ1v) is 6.44. The lowest BCUT2D eigenvalue weighted by atomic mass is 10.2. The van der Waals surface area contributed by atoms with Gasteiger partial charge in [0.05, 0.1) is 6.04 Å². The van der Waals surface area contributed by atoms with Crippen LogP contribution in [0.15, 0.2) is 24.5 Å². The topological polar surface area (TPSA) is 70.7 Å². The molecule has 0 bridgehead atoms. The van der Waals surface area contributed by atoms with Crippen LogP contribution in [0, 0.1) is 0 Å². The van der Waals surface area contributed by atoms with Crippen molar-refractivity contribution in [3.05, 3.63) is 46.8 Å². The van der Waals surface area contributed by atoms with Crippen LogP contribution in [0.5, 0.6) is 0 Å². The molecule has 1 unspecified atom stereocenters. The van der Waals surface area contributed by atoms with E-state index in [1.807, 2.05) is 13.8 Å². The Morgan fingerprint density at radius 1 is 1.53 bits per heavy atom. The summed E-state index contributed by atoms with van der Waals surface area (Å²) >= 11 is 5.90. The molecule has 2 aromatic heterocycles. The zero-order chi connectivity index (χ0) is 13.8. The number of aromatic amines is 1. The van der Waals surface area contributed by atoms with Gasteiger partial charge in [0.15, 0.2) is 0 Å². The molecule has 0 fully saturated rings. The van der Waals surface area contributed by atoms with Crippen LogP contribution in [0.4, 0.5) is 0 Å². The number of H-pyrrole nitrogens is 1. The number of pyridine rings is 1. The van der Waals surface area contributed by atoms with E-state index in [1.54, 1.807) is 24.5 Å². The highest BCUT2D eigenvalue weighted by Gasteiger charge is 2.14. The smallest absolute Gasteiger partial charge is 0.252 e. The van der Waals surface area contributed by atoms with Crippen LogP contribution in [0.1, 0.15) is 41.8 Å². The maximum Gasteiger partial charge on any atom is 0.252 e. The van der Waals surface area contributed by atoms with Gasteiger partial charge in [-0.15, -0.1) is 0 Å². The lowest BCUT2D eigenvalue weighted by Gasteiger charge is -2.12. The monoisotopic (exact) mass is 278 g/mol. The van der Waals surface area contributed by atoms with E-state index in [0.717, 1.165) is 12.1 Å². The molecule has 0 saturated heterocycles. The highest BCUT2D eigenvalue weighted by atomic mass is 35.5. The molecule has 0 spiro atoms. The summed E-state index contributed by atoms with van der Waals surface area (Å²) in [5.41, 5.74) is 1.30. The van der Waals surface area contributed by atoms with Crippen molar-refractivity contribution in [3.8, 4) is 0 Å². The first kappa shape index (κ1) is 13.5. The number of rotatable bonds is 4. The third-order valence-electron chi connectivity index (χ3n) is 2.75. The fourth-order valence-corrected chi connectivity index (χ4v) is 1.95. The van der Waals surface area contributed by atoms with Crippen molar-refractivity contribution in [2.45, 2.75) is 26.3 Å². The molecule has 2 rings (SSSR count). The van der Waals surface area contributed by atoms with Crippen LogP contribution >= 0.6 is 11.6 Å². The third kappa shape index (κ3) is 3.32. The molecule has 0 aliphatic heterocycles. The summed E-state index contributed by atoms with van der Waals surface area (Å²) in [5, 5.41) is 3.19. The predicted molar refractivity (Wildman–Crippen MR) is 73.1 cm³/mol. The number of halogens is 1. The van der Waals surface area contributed by atoms with E-state index in [2.05, 4.69) is 20.3 Å². The molecule has 1 atom stereocenters. The van der Waals surface area contributed by atoms with Crippen LogP contribution in [0.25, 0.3) is 0 Å². The Bertz CT molecular complexity index is 568. The Labute approximate surface area is 116 Å². The largest absolute Gasteiger partial charge is 0.347 e. The SMILES string of the molecule is CCc1cc(C(=O)NC(C)c2ncc[nH]2)cc(Cl)n1. The quantitative estimate of drug-likeness (QED) is 0.844. The minimum absolute atomic E-state index is 0.192. The lowest BCUT2D eigenvalue weighted by Crippen LogP contribution is -2.27. The van der Waals surface area contributed by atoms with Gasteiger partial charge in [0, 0.05) is 23.7 Å². The Morgan fingerprint density at radius 3 is 2.95 bits per heavy atom. The van der Waals surface area contributed by atoms with Crippen LogP contribution < -0.4 is 5.32 Å². The fourth-order valence-electron chi connectivity index (χ4n) is 1.73. The van der Waals surface area contributed by atoms with Crippen LogP contribution in [-0.2, 0) is 6.42 Å². The highest BCUT2D eigenvalue weighted by Crippen LogP contribution is 2.13. The number of carbonyl (C=O) groups excluding carboxylic acids is 1. The molecule has 5 nitrogen and oxygen atoms in total. The van der Waals surface area contributed by atoms with Gasteiger partial charge in [-0.3, -0.25) is 4.79 Å². The second kappa shape index (κ2) is 5.84. The summed E-state index contributed by atoms with van der Waals surface area (Å²) in [6, 6.07) is 3.11. The molecule has 2 N–H and O–H groups in total. The molecule has 19 heavy (non-hydrogen) atoms. The van der Waals surface area contributed by atoms with Crippen LogP contribution in [0.2, 0.25) is 5.15 Å². The van der Waals surface area contributed by atoms with Crippen LogP contribution in [0.3, 0.4) is 0 Å². The van der Waals surface area contributed by atoms with E-state index in [-0.39, 0.29) is 11.9 Å². The van der Waals surface area contributed by atoms with E-state index in [1.165, 1.54) is 0 Å². The number of aromatic nitrogens is 3. The summed E-state index contributed by atoms with van der Waals surface area (Å²) in [7, 11) is 0. The van der Waals surface area contributed by atoms with Crippen molar-refractivity contribution in [2.24, 2.45) is 0 Å². The molecular formula is C13H15ClN4O. The zero-order valence-corrected chi connectivity index (χ0v) is 11.5. The fraction of sp³-hybridized carbons (Fsp3) is 0.308. The third-order valence-corrected chi connectivity index (χ3v) is 2.94. The number of nitrogens with zero attached hydrogens (tertiary/aromatic N) is 2.